The largest absolute Gasteiger partial charge is 0.495 e. The van der Waals surface area contributed by atoms with Gasteiger partial charge in [-0.1, -0.05) is 29.8 Å². The Morgan fingerprint density at radius 3 is 2.31 bits per heavy atom. The summed E-state index contributed by atoms with van der Waals surface area (Å²) < 4.78 is 39.0. The van der Waals surface area contributed by atoms with Crippen LogP contribution >= 0.6 is 11.6 Å². The van der Waals surface area contributed by atoms with Crippen LogP contribution in [0.5, 0.6) is 11.5 Å². The topological polar surface area (TPSA) is 93.7 Å². The highest BCUT2D eigenvalue weighted by Gasteiger charge is 2.20. The summed E-state index contributed by atoms with van der Waals surface area (Å²) >= 11 is 6.16. The molecule has 0 unspecified atom stereocenters. The number of hydrogen-bond acceptors (Lipinski definition) is 5. The minimum Gasteiger partial charge on any atom is -0.495 e. The van der Waals surface area contributed by atoms with Crippen LogP contribution in [0.25, 0.3) is 0 Å². The van der Waals surface area contributed by atoms with Crippen molar-refractivity contribution in [3.05, 3.63) is 76.3 Å². The summed E-state index contributed by atoms with van der Waals surface area (Å²) in [6, 6.07) is 14.5. The van der Waals surface area contributed by atoms with Crippen LogP contribution in [0.3, 0.4) is 0 Å². The highest BCUT2D eigenvalue weighted by atomic mass is 35.5. The first-order valence-corrected chi connectivity index (χ1v) is 11.4. The van der Waals surface area contributed by atoms with Gasteiger partial charge in [0.2, 0.25) is 0 Å². The van der Waals surface area contributed by atoms with Crippen LogP contribution in [0.1, 0.15) is 21.5 Å². The van der Waals surface area contributed by atoms with Gasteiger partial charge < -0.3 is 14.8 Å². The van der Waals surface area contributed by atoms with Crippen LogP contribution in [0, 0.1) is 13.8 Å². The molecule has 0 aliphatic heterocycles. The Balaban J connectivity index is 1.91. The van der Waals surface area contributed by atoms with Crippen LogP contribution in [-0.2, 0) is 10.0 Å². The number of carbonyl (C=O) groups is 1. The number of hydrogen-bond donors (Lipinski definition) is 2. The first-order chi connectivity index (χ1) is 15.1. The molecular weight excluding hydrogens is 452 g/mol. The predicted octanol–water partition coefficient (Wildman–Crippen LogP) is 5.03. The molecule has 0 aliphatic rings. The normalized spacial score (nSPS) is 11.0. The molecule has 32 heavy (non-hydrogen) atoms. The maximum absolute atomic E-state index is 13.0. The summed E-state index contributed by atoms with van der Waals surface area (Å²) in [6.45, 7) is 3.53. The minimum atomic E-state index is -3.91. The Morgan fingerprint density at radius 2 is 1.66 bits per heavy atom. The van der Waals surface area contributed by atoms with Crippen molar-refractivity contribution >= 4 is 38.9 Å². The third-order valence-electron chi connectivity index (χ3n) is 4.73. The molecule has 0 radical (unpaired) electrons. The van der Waals surface area contributed by atoms with Gasteiger partial charge in [-0.25, -0.2) is 8.42 Å². The van der Waals surface area contributed by atoms with Crippen molar-refractivity contribution < 1.29 is 22.7 Å². The van der Waals surface area contributed by atoms with Gasteiger partial charge in [0.05, 0.1) is 29.8 Å². The second kappa shape index (κ2) is 9.50. The molecule has 7 nitrogen and oxygen atoms in total. The SMILES string of the molecule is COc1cc(OC)c(NC(=O)c2ccc(C)c(S(=O)(=O)Nc3cccc(C)c3)c2)cc1Cl. The number of amides is 1. The van der Waals surface area contributed by atoms with E-state index >= 15 is 0 Å². The molecule has 168 valence electrons. The molecule has 0 saturated heterocycles. The summed E-state index contributed by atoms with van der Waals surface area (Å²) in [7, 11) is -0.990. The molecule has 0 spiro atoms. The summed E-state index contributed by atoms with van der Waals surface area (Å²) in [5.74, 6) is 0.227. The fourth-order valence-electron chi connectivity index (χ4n) is 3.10. The fraction of sp³-hybridized carbons (Fsp3) is 0.174. The van der Waals surface area contributed by atoms with Crippen molar-refractivity contribution in [3.8, 4) is 11.5 Å². The van der Waals surface area contributed by atoms with Gasteiger partial charge in [0.15, 0.2) is 0 Å². The second-order valence-corrected chi connectivity index (χ2v) is 9.15. The maximum atomic E-state index is 13.0. The molecule has 0 aliphatic carbocycles. The maximum Gasteiger partial charge on any atom is 0.262 e. The van der Waals surface area contributed by atoms with Gasteiger partial charge in [0, 0.05) is 17.3 Å². The number of benzene rings is 3. The van der Waals surface area contributed by atoms with E-state index in [0.717, 1.165) is 5.56 Å². The first kappa shape index (κ1) is 23.4. The Hall–Kier alpha value is -3.23. The van der Waals surface area contributed by atoms with Gasteiger partial charge >= 0.3 is 0 Å². The number of halogens is 1. The van der Waals surface area contributed by atoms with Crippen LogP contribution < -0.4 is 19.5 Å². The number of methoxy groups -OCH3 is 2. The molecule has 3 aromatic rings. The summed E-state index contributed by atoms with van der Waals surface area (Å²) in [4.78, 5) is 12.9. The van der Waals surface area contributed by atoms with Gasteiger partial charge in [-0.2, -0.15) is 0 Å². The number of sulfonamides is 1. The van der Waals surface area contributed by atoms with E-state index in [1.54, 1.807) is 43.3 Å². The van der Waals surface area contributed by atoms with Crippen molar-refractivity contribution in [3.63, 3.8) is 0 Å². The number of aryl methyl sites for hydroxylation is 2. The van der Waals surface area contributed by atoms with Crippen LogP contribution in [0.2, 0.25) is 5.02 Å². The molecule has 0 bridgehead atoms. The zero-order chi connectivity index (χ0) is 23.5. The molecule has 0 atom stereocenters. The molecule has 0 aromatic heterocycles. The van der Waals surface area contributed by atoms with Gasteiger partial charge in [-0.3, -0.25) is 9.52 Å². The van der Waals surface area contributed by atoms with E-state index in [9.17, 15) is 13.2 Å². The van der Waals surface area contributed by atoms with E-state index in [1.807, 2.05) is 13.0 Å². The van der Waals surface area contributed by atoms with E-state index in [0.29, 0.717) is 28.4 Å². The molecule has 0 heterocycles. The standard InChI is InChI=1S/C23H23ClN2O5S/c1-14-6-5-7-17(10-14)26-32(28,29)22-11-16(9-8-15(22)2)23(27)25-19-12-18(24)20(30-3)13-21(19)31-4/h5-13,26H,1-4H3,(H,25,27). The van der Waals surface area contributed by atoms with E-state index in [4.69, 9.17) is 21.1 Å². The summed E-state index contributed by atoms with van der Waals surface area (Å²) in [6.07, 6.45) is 0. The number of carbonyl (C=O) groups excluding carboxylic acids is 1. The Morgan fingerprint density at radius 1 is 0.938 bits per heavy atom. The lowest BCUT2D eigenvalue weighted by Crippen LogP contribution is -2.17. The lowest BCUT2D eigenvalue weighted by atomic mass is 10.1. The zero-order valence-electron chi connectivity index (χ0n) is 18.0. The molecular formula is C23H23ClN2O5S. The van der Waals surface area contributed by atoms with Crippen molar-refractivity contribution in [1.82, 2.24) is 0 Å². The highest BCUT2D eigenvalue weighted by Crippen LogP contribution is 2.36. The second-order valence-electron chi connectivity index (χ2n) is 7.10. The quantitative estimate of drug-likeness (QED) is 0.501. The van der Waals surface area contributed by atoms with Crippen molar-refractivity contribution in [1.29, 1.82) is 0 Å². The smallest absolute Gasteiger partial charge is 0.262 e. The molecule has 1 amide bonds. The first-order valence-electron chi connectivity index (χ1n) is 9.57. The predicted molar refractivity (Wildman–Crippen MR) is 126 cm³/mol. The monoisotopic (exact) mass is 474 g/mol. The van der Waals surface area contributed by atoms with Gasteiger partial charge in [0.25, 0.3) is 15.9 Å². The Labute approximate surface area is 192 Å². The number of rotatable bonds is 7. The van der Waals surface area contributed by atoms with Gasteiger partial charge in [-0.05, 0) is 55.3 Å². The van der Waals surface area contributed by atoms with Gasteiger partial charge in [-0.15, -0.1) is 0 Å². The zero-order valence-corrected chi connectivity index (χ0v) is 19.6. The lowest BCUT2D eigenvalue weighted by molar-refractivity contribution is 0.102. The fourth-order valence-corrected chi connectivity index (χ4v) is 4.66. The molecule has 9 heteroatoms. The average molecular weight is 475 g/mol. The average Bonchev–Trinajstić information content (AvgIpc) is 2.73. The molecule has 0 saturated carbocycles. The lowest BCUT2D eigenvalue weighted by Gasteiger charge is -2.14. The van der Waals surface area contributed by atoms with E-state index in [1.165, 1.54) is 26.4 Å². The van der Waals surface area contributed by atoms with Crippen molar-refractivity contribution in [2.45, 2.75) is 18.7 Å². The number of ether oxygens (including phenoxy) is 2. The number of nitrogens with one attached hydrogen (secondary N) is 2. The molecule has 2 N–H and O–H groups in total. The van der Waals surface area contributed by atoms with Crippen LogP contribution in [0.15, 0.2) is 59.5 Å². The van der Waals surface area contributed by atoms with Crippen LogP contribution in [-0.4, -0.2) is 28.5 Å². The highest BCUT2D eigenvalue weighted by molar-refractivity contribution is 7.92. The molecule has 3 aromatic carbocycles. The Bertz CT molecular complexity index is 1280. The van der Waals surface area contributed by atoms with E-state index < -0.39 is 15.9 Å². The van der Waals surface area contributed by atoms with E-state index in [-0.39, 0.29) is 15.5 Å². The Kier molecular flexibility index (Phi) is 6.96. The molecule has 3 rings (SSSR count). The third kappa shape index (κ3) is 5.15. The minimum absolute atomic E-state index is 0.00591. The summed E-state index contributed by atoms with van der Waals surface area (Å²) in [5, 5.41) is 3.00. The summed E-state index contributed by atoms with van der Waals surface area (Å²) in [5.41, 5.74) is 2.35. The molecule has 0 fully saturated rings. The third-order valence-corrected chi connectivity index (χ3v) is 6.55. The van der Waals surface area contributed by atoms with E-state index in [2.05, 4.69) is 10.0 Å². The van der Waals surface area contributed by atoms with Gasteiger partial charge in [0.1, 0.15) is 11.5 Å². The number of anilines is 2. The van der Waals surface area contributed by atoms with Crippen molar-refractivity contribution in [2.75, 3.05) is 24.3 Å². The van der Waals surface area contributed by atoms with Crippen LogP contribution in [0.4, 0.5) is 11.4 Å². The van der Waals surface area contributed by atoms with Crippen molar-refractivity contribution in [2.24, 2.45) is 0 Å².